The summed E-state index contributed by atoms with van der Waals surface area (Å²) in [6, 6.07) is 0. The van der Waals surface area contributed by atoms with E-state index in [1.807, 2.05) is 6.92 Å². The van der Waals surface area contributed by atoms with Crippen molar-refractivity contribution < 1.29 is 8.42 Å². The average molecular weight is 282 g/mol. The lowest BCUT2D eigenvalue weighted by molar-refractivity contribution is 0.384. The van der Waals surface area contributed by atoms with Crippen molar-refractivity contribution in [1.29, 1.82) is 0 Å². The van der Waals surface area contributed by atoms with Gasteiger partial charge in [0, 0.05) is 11.9 Å². The fraction of sp³-hybridized carbons (Fsp3) is 1.00. The van der Waals surface area contributed by atoms with Crippen molar-refractivity contribution in [3.8, 4) is 0 Å². The van der Waals surface area contributed by atoms with Gasteiger partial charge in [0.15, 0.2) is 0 Å². The van der Waals surface area contributed by atoms with Crippen LogP contribution in [0.15, 0.2) is 0 Å². The van der Waals surface area contributed by atoms with Crippen molar-refractivity contribution in [2.24, 2.45) is 5.92 Å². The third-order valence-corrected chi connectivity index (χ3v) is 5.48. The number of rotatable bonds is 7. The minimum atomic E-state index is -3.09. The smallest absolute Gasteiger partial charge is 0.211 e. The first kappa shape index (κ1) is 15.3. The molecule has 0 saturated heterocycles. The predicted octanol–water partition coefficient (Wildman–Crippen LogP) is 2.89. The fourth-order valence-electron chi connectivity index (χ4n) is 2.30. The van der Waals surface area contributed by atoms with E-state index in [-0.39, 0.29) is 5.38 Å². The van der Waals surface area contributed by atoms with Gasteiger partial charge in [-0.1, -0.05) is 26.2 Å². The van der Waals surface area contributed by atoms with E-state index in [0.717, 1.165) is 19.3 Å². The van der Waals surface area contributed by atoms with Crippen LogP contribution < -0.4 is 4.72 Å². The zero-order valence-corrected chi connectivity index (χ0v) is 12.2. The summed E-state index contributed by atoms with van der Waals surface area (Å²) in [5, 5.41) is 0.0763. The molecular formula is C12H24ClNO2S. The van der Waals surface area contributed by atoms with Crippen molar-refractivity contribution >= 4 is 21.6 Å². The summed E-state index contributed by atoms with van der Waals surface area (Å²) in [5.41, 5.74) is 0. The van der Waals surface area contributed by atoms with Gasteiger partial charge >= 0.3 is 0 Å². The molecule has 0 spiro atoms. The lowest BCUT2D eigenvalue weighted by atomic mass is 9.91. The molecular weight excluding hydrogens is 258 g/mol. The first-order valence-electron chi connectivity index (χ1n) is 6.65. The molecule has 1 atom stereocenters. The van der Waals surface area contributed by atoms with E-state index in [2.05, 4.69) is 4.72 Å². The normalized spacial score (nSPS) is 20.4. The summed E-state index contributed by atoms with van der Waals surface area (Å²) in [6.45, 7) is 2.48. The zero-order chi connectivity index (χ0) is 12.7. The maximum absolute atomic E-state index is 11.8. The van der Waals surface area contributed by atoms with Crippen molar-refractivity contribution in [1.82, 2.24) is 4.72 Å². The summed E-state index contributed by atoms with van der Waals surface area (Å²) in [5.74, 6) is 0.658. The molecule has 0 aromatic rings. The van der Waals surface area contributed by atoms with E-state index in [1.165, 1.54) is 19.3 Å². The molecule has 0 aromatic heterocycles. The van der Waals surface area contributed by atoms with Crippen LogP contribution >= 0.6 is 11.6 Å². The topological polar surface area (TPSA) is 46.2 Å². The third-order valence-electron chi connectivity index (χ3n) is 3.40. The summed E-state index contributed by atoms with van der Waals surface area (Å²) in [4.78, 5) is 0. The lowest BCUT2D eigenvalue weighted by Gasteiger charge is -2.21. The molecule has 1 saturated carbocycles. The Kier molecular flexibility index (Phi) is 6.82. The molecule has 17 heavy (non-hydrogen) atoms. The summed E-state index contributed by atoms with van der Waals surface area (Å²) >= 11 is 5.95. The molecule has 1 aliphatic rings. The van der Waals surface area contributed by atoms with Crippen LogP contribution in [-0.2, 0) is 10.0 Å². The van der Waals surface area contributed by atoms with E-state index in [9.17, 15) is 8.42 Å². The van der Waals surface area contributed by atoms with Crippen LogP contribution in [-0.4, -0.2) is 26.1 Å². The number of nitrogens with one attached hydrogen (secondary N) is 1. The number of hydrogen-bond acceptors (Lipinski definition) is 2. The highest BCUT2D eigenvalue weighted by Crippen LogP contribution is 2.24. The molecule has 0 radical (unpaired) electrons. The number of hydrogen-bond donors (Lipinski definition) is 1. The Morgan fingerprint density at radius 3 is 2.53 bits per heavy atom. The lowest BCUT2D eigenvalue weighted by Crippen LogP contribution is -2.32. The average Bonchev–Trinajstić information content (AvgIpc) is 2.29. The number of halogens is 1. The van der Waals surface area contributed by atoms with Gasteiger partial charge in [-0.3, -0.25) is 0 Å². The van der Waals surface area contributed by atoms with E-state index in [4.69, 9.17) is 11.6 Å². The molecule has 1 unspecified atom stereocenters. The van der Waals surface area contributed by atoms with Crippen LogP contribution in [0, 0.1) is 5.92 Å². The zero-order valence-electron chi connectivity index (χ0n) is 10.6. The first-order valence-corrected chi connectivity index (χ1v) is 8.73. The minimum absolute atomic E-state index is 0.0763. The molecule has 5 heteroatoms. The van der Waals surface area contributed by atoms with Crippen LogP contribution in [0.4, 0.5) is 0 Å². The molecule has 0 heterocycles. The van der Waals surface area contributed by atoms with E-state index in [1.54, 1.807) is 0 Å². The second kappa shape index (κ2) is 7.59. The molecule has 1 fully saturated rings. The van der Waals surface area contributed by atoms with E-state index >= 15 is 0 Å². The number of sulfonamides is 1. The molecule has 0 bridgehead atoms. The van der Waals surface area contributed by atoms with Crippen molar-refractivity contribution in [2.45, 2.75) is 57.2 Å². The van der Waals surface area contributed by atoms with E-state index in [0.29, 0.717) is 24.6 Å². The number of alkyl halides is 1. The Hall–Kier alpha value is 0.200. The van der Waals surface area contributed by atoms with Crippen LogP contribution in [0.25, 0.3) is 0 Å². The van der Waals surface area contributed by atoms with Crippen LogP contribution in [0.2, 0.25) is 0 Å². The molecule has 102 valence electrons. The monoisotopic (exact) mass is 281 g/mol. The van der Waals surface area contributed by atoms with Crippen molar-refractivity contribution in [3.63, 3.8) is 0 Å². The van der Waals surface area contributed by atoms with Gasteiger partial charge in [0.1, 0.15) is 0 Å². The van der Waals surface area contributed by atoms with Gasteiger partial charge < -0.3 is 0 Å². The molecule has 0 amide bonds. The highest BCUT2D eigenvalue weighted by Gasteiger charge is 2.20. The summed E-state index contributed by atoms with van der Waals surface area (Å²) in [7, 11) is -3.09. The fourth-order valence-corrected chi connectivity index (χ4v) is 3.91. The standard InChI is InChI=1S/C12H24ClNO2S/c1-2-12(13)8-9-14-17(15,16)10-11-6-4-3-5-7-11/h11-12,14H,2-10H2,1H3. The van der Waals surface area contributed by atoms with E-state index < -0.39 is 10.0 Å². The Labute approximate surface area is 110 Å². The Morgan fingerprint density at radius 1 is 1.29 bits per heavy atom. The second-order valence-electron chi connectivity index (χ2n) is 4.97. The second-order valence-corrected chi connectivity index (χ2v) is 7.44. The summed E-state index contributed by atoms with van der Waals surface area (Å²) < 4.78 is 26.3. The van der Waals surface area contributed by atoms with Gasteiger partial charge in [-0.15, -0.1) is 11.6 Å². The van der Waals surface area contributed by atoms with Gasteiger partial charge in [0.2, 0.25) is 10.0 Å². The first-order chi connectivity index (χ1) is 8.03. The van der Waals surface area contributed by atoms with Crippen LogP contribution in [0.1, 0.15) is 51.9 Å². The highest BCUT2D eigenvalue weighted by atomic mass is 35.5. The Balaban J connectivity index is 2.25. The molecule has 1 aliphatic carbocycles. The minimum Gasteiger partial charge on any atom is -0.215 e. The van der Waals surface area contributed by atoms with Gasteiger partial charge in [-0.2, -0.15) is 0 Å². The van der Waals surface area contributed by atoms with Crippen LogP contribution in [0.5, 0.6) is 0 Å². The van der Waals surface area contributed by atoms with Gasteiger partial charge in [0.25, 0.3) is 0 Å². The largest absolute Gasteiger partial charge is 0.215 e. The van der Waals surface area contributed by atoms with Crippen LogP contribution in [0.3, 0.4) is 0 Å². The van der Waals surface area contributed by atoms with Gasteiger partial charge in [-0.05, 0) is 31.6 Å². The molecule has 1 rings (SSSR count). The molecule has 0 aliphatic heterocycles. The predicted molar refractivity (Wildman–Crippen MR) is 72.9 cm³/mol. The maximum Gasteiger partial charge on any atom is 0.211 e. The molecule has 1 N–H and O–H groups in total. The van der Waals surface area contributed by atoms with Gasteiger partial charge in [0.05, 0.1) is 5.75 Å². The Bertz CT molecular complexity index is 300. The third kappa shape index (κ3) is 6.63. The highest BCUT2D eigenvalue weighted by molar-refractivity contribution is 7.89. The maximum atomic E-state index is 11.8. The Morgan fingerprint density at radius 2 is 1.94 bits per heavy atom. The SMILES string of the molecule is CCC(Cl)CCNS(=O)(=O)CC1CCCCC1. The van der Waals surface area contributed by atoms with Crippen molar-refractivity contribution in [2.75, 3.05) is 12.3 Å². The van der Waals surface area contributed by atoms with Crippen molar-refractivity contribution in [3.05, 3.63) is 0 Å². The molecule has 0 aromatic carbocycles. The quantitative estimate of drug-likeness (QED) is 0.730. The molecule has 3 nitrogen and oxygen atoms in total. The summed E-state index contributed by atoms with van der Waals surface area (Å²) in [6.07, 6.45) is 7.34. The van der Waals surface area contributed by atoms with Gasteiger partial charge in [-0.25, -0.2) is 13.1 Å².